The fourth-order valence-electron chi connectivity index (χ4n) is 1.89. The molecule has 0 saturated heterocycles. The van der Waals surface area contributed by atoms with Crippen LogP contribution < -0.4 is 10.6 Å². The molecule has 0 saturated carbocycles. The van der Waals surface area contributed by atoms with E-state index in [1.807, 2.05) is 19.3 Å². The SMILES string of the molecule is COc1cc2ccn(C)c2cc1CCON. The normalized spacial score (nSPS) is 10.9. The van der Waals surface area contributed by atoms with Gasteiger partial charge in [-0.05, 0) is 23.8 Å². The van der Waals surface area contributed by atoms with Crippen molar-refractivity contribution < 1.29 is 9.57 Å². The quantitative estimate of drug-likeness (QED) is 0.796. The van der Waals surface area contributed by atoms with Crippen molar-refractivity contribution in [1.82, 2.24) is 4.57 Å². The molecule has 4 heteroatoms. The van der Waals surface area contributed by atoms with Gasteiger partial charge in [0.2, 0.25) is 0 Å². The van der Waals surface area contributed by atoms with Gasteiger partial charge in [-0.25, -0.2) is 5.90 Å². The highest BCUT2D eigenvalue weighted by molar-refractivity contribution is 5.82. The third-order valence-electron chi connectivity index (χ3n) is 2.78. The molecule has 86 valence electrons. The minimum atomic E-state index is 0.492. The van der Waals surface area contributed by atoms with Gasteiger partial charge in [-0.1, -0.05) is 0 Å². The predicted molar refractivity (Wildman–Crippen MR) is 63.3 cm³/mol. The monoisotopic (exact) mass is 220 g/mol. The number of hydrogen-bond acceptors (Lipinski definition) is 3. The van der Waals surface area contributed by atoms with Crippen LogP contribution in [0.5, 0.6) is 5.75 Å². The number of rotatable bonds is 4. The molecule has 0 unspecified atom stereocenters. The van der Waals surface area contributed by atoms with Crippen LogP contribution in [0.15, 0.2) is 24.4 Å². The lowest BCUT2D eigenvalue weighted by molar-refractivity contribution is 0.140. The summed E-state index contributed by atoms with van der Waals surface area (Å²) in [5, 5.41) is 1.18. The maximum atomic E-state index is 5.35. The van der Waals surface area contributed by atoms with Gasteiger partial charge in [-0.15, -0.1) is 0 Å². The fraction of sp³-hybridized carbons (Fsp3) is 0.333. The Hall–Kier alpha value is -1.52. The molecular formula is C12H16N2O2. The average Bonchev–Trinajstić information content (AvgIpc) is 2.66. The molecular weight excluding hydrogens is 204 g/mol. The molecule has 1 aromatic carbocycles. The molecule has 2 aromatic rings. The molecule has 0 aliphatic rings. The van der Waals surface area contributed by atoms with E-state index < -0.39 is 0 Å². The number of aromatic nitrogens is 1. The van der Waals surface area contributed by atoms with Crippen LogP contribution in [-0.2, 0) is 18.3 Å². The summed E-state index contributed by atoms with van der Waals surface area (Å²) in [6.07, 6.45) is 2.79. The highest BCUT2D eigenvalue weighted by Gasteiger charge is 2.07. The first-order valence-electron chi connectivity index (χ1n) is 5.20. The summed E-state index contributed by atoms with van der Waals surface area (Å²) in [6, 6.07) is 6.23. The van der Waals surface area contributed by atoms with E-state index in [0.29, 0.717) is 6.61 Å². The van der Waals surface area contributed by atoms with Crippen LogP contribution in [0.2, 0.25) is 0 Å². The lowest BCUT2D eigenvalue weighted by Gasteiger charge is -2.09. The van der Waals surface area contributed by atoms with E-state index in [9.17, 15) is 0 Å². The minimum absolute atomic E-state index is 0.492. The fourth-order valence-corrected chi connectivity index (χ4v) is 1.89. The van der Waals surface area contributed by atoms with Crippen LogP contribution >= 0.6 is 0 Å². The number of ether oxygens (including phenoxy) is 1. The van der Waals surface area contributed by atoms with Crippen molar-refractivity contribution in [3.8, 4) is 5.75 Å². The Bertz CT molecular complexity index is 491. The van der Waals surface area contributed by atoms with E-state index >= 15 is 0 Å². The maximum absolute atomic E-state index is 5.35. The Kier molecular flexibility index (Phi) is 3.12. The molecule has 2 N–H and O–H groups in total. The molecule has 16 heavy (non-hydrogen) atoms. The Balaban J connectivity index is 2.47. The molecule has 1 aromatic heterocycles. The summed E-state index contributed by atoms with van der Waals surface area (Å²) in [7, 11) is 3.70. The van der Waals surface area contributed by atoms with Crippen molar-refractivity contribution in [3.63, 3.8) is 0 Å². The van der Waals surface area contributed by atoms with Gasteiger partial charge in [-0.2, -0.15) is 0 Å². The molecule has 0 spiro atoms. The number of benzene rings is 1. The molecule has 0 atom stereocenters. The van der Waals surface area contributed by atoms with Crippen LogP contribution in [0.25, 0.3) is 10.9 Å². The summed E-state index contributed by atoms with van der Waals surface area (Å²) >= 11 is 0. The largest absolute Gasteiger partial charge is 0.496 e. The molecule has 0 aliphatic heterocycles. The van der Waals surface area contributed by atoms with Crippen molar-refractivity contribution in [3.05, 3.63) is 30.0 Å². The van der Waals surface area contributed by atoms with E-state index in [1.54, 1.807) is 7.11 Å². The third-order valence-corrected chi connectivity index (χ3v) is 2.78. The van der Waals surface area contributed by atoms with Gasteiger partial charge in [0, 0.05) is 30.6 Å². The van der Waals surface area contributed by atoms with E-state index in [1.165, 1.54) is 10.9 Å². The van der Waals surface area contributed by atoms with Gasteiger partial charge < -0.3 is 14.1 Å². The summed E-state index contributed by atoms with van der Waals surface area (Å²) in [5.41, 5.74) is 2.30. The number of hydrogen-bond donors (Lipinski definition) is 1. The number of fused-ring (bicyclic) bond motifs is 1. The lowest BCUT2D eigenvalue weighted by atomic mass is 10.1. The Morgan fingerprint density at radius 3 is 2.88 bits per heavy atom. The second-order valence-electron chi connectivity index (χ2n) is 3.77. The number of methoxy groups -OCH3 is 1. The van der Waals surface area contributed by atoms with Crippen LogP contribution in [0.4, 0.5) is 0 Å². The second-order valence-corrected chi connectivity index (χ2v) is 3.77. The average molecular weight is 220 g/mol. The van der Waals surface area contributed by atoms with Gasteiger partial charge >= 0.3 is 0 Å². The van der Waals surface area contributed by atoms with Crippen molar-refractivity contribution in [2.45, 2.75) is 6.42 Å². The summed E-state index contributed by atoms with van der Waals surface area (Å²) in [6.45, 7) is 0.492. The molecule has 0 radical (unpaired) electrons. The second kappa shape index (κ2) is 4.55. The van der Waals surface area contributed by atoms with Crippen LogP contribution in [0, 0.1) is 0 Å². The lowest BCUT2D eigenvalue weighted by Crippen LogP contribution is -2.05. The molecule has 0 fully saturated rings. The molecule has 2 rings (SSSR count). The molecule has 0 amide bonds. The van der Waals surface area contributed by atoms with Crippen molar-refractivity contribution in [1.29, 1.82) is 0 Å². The van der Waals surface area contributed by atoms with Gasteiger partial charge in [0.1, 0.15) is 5.75 Å². The molecule has 4 nitrogen and oxygen atoms in total. The topological polar surface area (TPSA) is 49.4 Å². The predicted octanol–water partition coefficient (Wildman–Crippen LogP) is 1.62. The Morgan fingerprint density at radius 1 is 1.38 bits per heavy atom. The van der Waals surface area contributed by atoms with Gasteiger partial charge in [0.15, 0.2) is 0 Å². The molecule has 1 heterocycles. The minimum Gasteiger partial charge on any atom is -0.496 e. The smallest absolute Gasteiger partial charge is 0.122 e. The summed E-state index contributed by atoms with van der Waals surface area (Å²) < 4.78 is 7.44. The number of nitrogens with two attached hydrogens (primary N) is 1. The highest BCUT2D eigenvalue weighted by Crippen LogP contribution is 2.26. The number of nitrogens with zero attached hydrogens (tertiary/aromatic N) is 1. The van der Waals surface area contributed by atoms with Crippen LogP contribution in [0.3, 0.4) is 0 Å². The van der Waals surface area contributed by atoms with Gasteiger partial charge in [0.05, 0.1) is 13.7 Å². The van der Waals surface area contributed by atoms with E-state index in [4.69, 9.17) is 10.6 Å². The van der Waals surface area contributed by atoms with Gasteiger partial charge in [0.25, 0.3) is 0 Å². The molecule has 0 aliphatic carbocycles. The zero-order valence-corrected chi connectivity index (χ0v) is 9.56. The number of aryl methyl sites for hydroxylation is 1. The first kappa shape index (κ1) is 11.0. The van der Waals surface area contributed by atoms with Gasteiger partial charge in [-0.3, -0.25) is 0 Å². The standard InChI is InChI=1S/C12H16N2O2/c1-14-5-3-9-8-12(15-2)10(4-6-16-13)7-11(9)14/h3,5,7-8H,4,6,13H2,1-2H3. The third kappa shape index (κ3) is 1.89. The Morgan fingerprint density at radius 2 is 2.19 bits per heavy atom. The summed E-state index contributed by atoms with van der Waals surface area (Å²) in [4.78, 5) is 4.61. The highest BCUT2D eigenvalue weighted by atomic mass is 16.6. The first-order chi connectivity index (χ1) is 7.76. The van der Waals surface area contributed by atoms with Crippen molar-refractivity contribution in [2.75, 3.05) is 13.7 Å². The summed E-state index contributed by atoms with van der Waals surface area (Å²) in [5.74, 6) is 5.93. The zero-order valence-electron chi connectivity index (χ0n) is 9.56. The first-order valence-corrected chi connectivity index (χ1v) is 5.20. The van der Waals surface area contributed by atoms with E-state index in [0.717, 1.165) is 17.7 Å². The van der Waals surface area contributed by atoms with Crippen LogP contribution in [0.1, 0.15) is 5.56 Å². The Labute approximate surface area is 94.5 Å². The zero-order chi connectivity index (χ0) is 11.5. The van der Waals surface area contributed by atoms with Crippen LogP contribution in [-0.4, -0.2) is 18.3 Å². The van der Waals surface area contributed by atoms with E-state index in [2.05, 4.69) is 21.5 Å². The van der Waals surface area contributed by atoms with Crippen molar-refractivity contribution in [2.24, 2.45) is 12.9 Å². The maximum Gasteiger partial charge on any atom is 0.122 e. The molecule has 0 bridgehead atoms. The van der Waals surface area contributed by atoms with Crippen molar-refractivity contribution >= 4 is 10.9 Å². The van der Waals surface area contributed by atoms with E-state index in [-0.39, 0.29) is 0 Å².